The summed E-state index contributed by atoms with van der Waals surface area (Å²) < 4.78 is 42.0. The summed E-state index contributed by atoms with van der Waals surface area (Å²) in [6.45, 7) is 3.22. The Bertz CT molecular complexity index is 622. The van der Waals surface area contributed by atoms with Crippen molar-refractivity contribution in [2.75, 3.05) is 40.3 Å². The minimum Gasteiger partial charge on any atom is -0.497 e. The molecule has 1 saturated heterocycles. The van der Waals surface area contributed by atoms with E-state index in [-0.39, 0.29) is 36.4 Å². The average molecular weight is 528 g/mol. The first-order valence-electron chi connectivity index (χ1n) is 9.82. The number of unbranched alkanes of at least 4 members (excludes halogenated alkanes) is 1. The number of benzene rings is 1. The van der Waals surface area contributed by atoms with Crippen LogP contribution in [0.15, 0.2) is 29.3 Å². The van der Waals surface area contributed by atoms with E-state index in [1.807, 2.05) is 12.1 Å². The summed E-state index contributed by atoms with van der Waals surface area (Å²) in [5.41, 5.74) is 1.18. The molecule has 1 aliphatic heterocycles. The van der Waals surface area contributed by atoms with Crippen molar-refractivity contribution in [3.63, 3.8) is 0 Å². The monoisotopic (exact) mass is 528 g/mol. The molecule has 1 fully saturated rings. The Morgan fingerprint density at radius 1 is 1.21 bits per heavy atom. The summed E-state index contributed by atoms with van der Waals surface area (Å²) in [5.74, 6) is 1.44. The van der Waals surface area contributed by atoms with Crippen molar-refractivity contribution >= 4 is 29.9 Å². The third-order valence-corrected chi connectivity index (χ3v) is 4.93. The summed E-state index contributed by atoms with van der Waals surface area (Å²) >= 11 is 0. The highest BCUT2D eigenvalue weighted by Gasteiger charge is 2.26. The smallest absolute Gasteiger partial charge is 0.389 e. The van der Waals surface area contributed by atoms with Crippen LogP contribution in [0.4, 0.5) is 13.2 Å². The van der Waals surface area contributed by atoms with Crippen LogP contribution in [0.1, 0.15) is 43.7 Å². The Balaban J connectivity index is 0.00000420. The molecule has 0 aromatic heterocycles. The van der Waals surface area contributed by atoms with Crippen LogP contribution in [0.3, 0.4) is 0 Å². The number of likely N-dealkylation sites (tertiary alicyclic amines) is 1. The van der Waals surface area contributed by atoms with E-state index in [1.165, 1.54) is 18.4 Å². The Morgan fingerprint density at radius 2 is 1.93 bits per heavy atom. The molecule has 1 aliphatic rings. The highest BCUT2D eigenvalue weighted by atomic mass is 127. The van der Waals surface area contributed by atoms with Crippen LogP contribution >= 0.6 is 24.0 Å². The summed E-state index contributed by atoms with van der Waals surface area (Å²) in [5, 5.41) is 6.43. The fraction of sp³-hybridized carbons (Fsp3) is 0.650. The van der Waals surface area contributed by atoms with Crippen molar-refractivity contribution in [2.24, 2.45) is 4.99 Å². The van der Waals surface area contributed by atoms with E-state index in [1.54, 1.807) is 14.2 Å². The van der Waals surface area contributed by atoms with Crippen molar-refractivity contribution in [3.05, 3.63) is 29.8 Å². The van der Waals surface area contributed by atoms with Crippen molar-refractivity contribution < 1.29 is 17.9 Å². The number of hydrogen-bond acceptors (Lipinski definition) is 3. The fourth-order valence-corrected chi connectivity index (χ4v) is 3.43. The molecule has 2 N–H and O–H groups in total. The lowest BCUT2D eigenvalue weighted by Gasteiger charge is -2.29. The number of methoxy groups -OCH3 is 1. The van der Waals surface area contributed by atoms with Gasteiger partial charge in [-0.1, -0.05) is 12.1 Å². The summed E-state index contributed by atoms with van der Waals surface area (Å²) in [7, 11) is 3.33. The number of ether oxygens (including phenoxy) is 1. The number of halogens is 4. The van der Waals surface area contributed by atoms with Gasteiger partial charge in [-0.3, -0.25) is 9.89 Å². The molecule has 9 heteroatoms. The van der Waals surface area contributed by atoms with Crippen LogP contribution in [-0.4, -0.2) is 57.4 Å². The predicted octanol–water partition coefficient (Wildman–Crippen LogP) is 4.35. The second kappa shape index (κ2) is 13.1. The van der Waals surface area contributed by atoms with E-state index in [9.17, 15) is 13.2 Å². The van der Waals surface area contributed by atoms with Gasteiger partial charge >= 0.3 is 6.18 Å². The first-order valence-corrected chi connectivity index (χ1v) is 9.82. The SMILES string of the molecule is CN=C(NCCCCC(F)(F)F)NCC(c1cccc(OC)c1)N1CCCC1.I. The Kier molecular flexibility index (Phi) is 11.7. The Morgan fingerprint density at radius 3 is 2.55 bits per heavy atom. The molecule has 2 rings (SSSR count). The zero-order chi connectivity index (χ0) is 20.4. The van der Waals surface area contributed by atoms with Crippen LogP contribution in [-0.2, 0) is 0 Å². The van der Waals surface area contributed by atoms with Crippen molar-refractivity contribution in [1.29, 1.82) is 0 Å². The van der Waals surface area contributed by atoms with E-state index >= 15 is 0 Å². The van der Waals surface area contributed by atoms with Crippen LogP contribution in [0, 0.1) is 0 Å². The maximum atomic E-state index is 12.2. The van der Waals surface area contributed by atoms with Gasteiger partial charge in [0.15, 0.2) is 5.96 Å². The minimum absolute atomic E-state index is 0. The molecule has 29 heavy (non-hydrogen) atoms. The first kappa shape index (κ1) is 25.8. The number of nitrogens with zero attached hydrogens (tertiary/aromatic N) is 2. The zero-order valence-electron chi connectivity index (χ0n) is 17.1. The van der Waals surface area contributed by atoms with Crippen LogP contribution in [0.5, 0.6) is 5.75 Å². The molecule has 0 radical (unpaired) electrons. The van der Waals surface area contributed by atoms with Crippen LogP contribution in [0.25, 0.3) is 0 Å². The highest BCUT2D eigenvalue weighted by Crippen LogP contribution is 2.27. The Hall–Kier alpha value is -1.23. The molecule has 1 unspecified atom stereocenters. The number of nitrogens with one attached hydrogen (secondary N) is 2. The normalized spacial score (nSPS) is 16.2. The second-order valence-corrected chi connectivity index (χ2v) is 6.99. The molecule has 1 aromatic rings. The molecule has 0 aliphatic carbocycles. The van der Waals surface area contributed by atoms with E-state index in [4.69, 9.17) is 4.74 Å². The summed E-state index contributed by atoms with van der Waals surface area (Å²) in [4.78, 5) is 6.63. The standard InChI is InChI=1S/C20H31F3N4O.HI/c1-24-19(25-11-4-3-10-20(21,22)23)26-15-18(27-12-5-6-13-27)16-8-7-9-17(14-16)28-2;/h7-9,14,18H,3-6,10-13,15H2,1-2H3,(H2,24,25,26);1H. The van der Waals surface area contributed by atoms with Gasteiger partial charge in [-0.15, -0.1) is 24.0 Å². The number of rotatable bonds is 9. The van der Waals surface area contributed by atoms with E-state index in [2.05, 4.69) is 32.7 Å². The lowest BCUT2D eigenvalue weighted by atomic mass is 10.1. The molecule has 0 saturated carbocycles. The van der Waals surface area contributed by atoms with E-state index in [0.29, 0.717) is 25.5 Å². The summed E-state index contributed by atoms with van der Waals surface area (Å²) in [6, 6.07) is 8.25. The van der Waals surface area contributed by atoms with Gasteiger partial charge in [0.25, 0.3) is 0 Å². The first-order chi connectivity index (χ1) is 13.4. The van der Waals surface area contributed by atoms with Gasteiger partial charge in [-0.2, -0.15) is 13.2 Å². The maximum absolute atomic E-state index is 12.2. The van der Waals surface area contributed by atoms with Gasteiger partial charge in [0.1, 0.15) is 5.75 Å². The number of hydrogen-bond donors (Lipinski definition) is 2. The topological polar surface area (TPSA) is 48.9 Å². The largest absolute Gasteiger partial charge is 0.497 e. The predicted molar refractivity (Wildman–Crippen MR) is 121 cm³/mol. The van der Waals surface area contributed by atoms with E-state index < -0.39 is 12.6 Å². The third-order valence-electron chi connectivity index (χ3n) is 4.93. The molecule has 0 amide bonds. The van der Waals surface area contributed by atoms with Crippen molar-refractivity contribution in [1.82, 2.24) is 15.5 Å². The van der Waals surface area contributed by atoms with Crippen molar-refractivity contribution in [2.45, 2.75) is 44.3 Å². The molecular formula is C20H32F3IN4O. The number of aliphatic imine (C=N–C) groups is 1. The lowest BCUT2D eigenvalue weighted by molar-refractivity contribution is -0.135. The van der Waals surface area contributed by atoms with Crippen molar-refractivity contribution in [3.8, 4) is 5.75 Å². The van der Waals surface area contributed by atoms with Gasteiger partial charge in [-0.05, 0) is 56.5 Å². The van der Waals surface area contributed by atoms with E-state index in [0.717, 1.165) is 18.8 Å². The van der Waals surface area contributed by atoms with Gasteiger partial charge in [-0.25, -0.2) is 0 Å². The second-order valence-electron chi connectivity index (χ2n) is 6.99. The number of guanidine groups is 1. The van der Waals surface area contributed by atoms with Gasteiger partial charge in [0, 0.05) is 26.6 Å². The van der Waals surface area contributed by atoms with Gasteiger partial charge in [0.2, 0.25) is 0 Å². The molecule has 0 spiro atoms. The summed E-state index contributed by atoms with van der Waals surface area (Å²) in [6.07, 6.45) is -1.88. The van der Waals surface area contributed by atoms with Crippen LogP contribution in [0.2, 0.25) is 0 Å². The minimum atomic E-state index is -4.08. The highest BCUT2D eigenvalue weighted by molar-refractivity contribution is 14.0. The van der Waals surface area contributed by atoms with Crippen LogP contribution < -0.4 is 15.4 Å². The molecular weight excluding hydrogens is 496 g/mol. The third kappa shape index (κ3) is 9.41. The maximum Gasteiger partial charge on any atom is 0.389 e. The molecule has 166 valence electrons. The quantitative estimate of drug-likeness (QED) is 0.217. The zero-order valence-corrected chi connectivity index (χ0v) is 19.4. The average Bonchev–Trinajstić information content (AvgIpc) is 3.20. The lowest BCUT2D eigenvalue weighted by Crippen LogP contribution is -2.43. The molecule has 1 aromatic carbocycles. The van der Waals surface area contributed by atoms with Gasteiger partial charge < -0.3 is 15.4 Å². The number of alkyl halides is 3. The molecule has 0 bridgehead atoms. The Labute approximate surface area is 188 Å². The molecule has 1 heterocycles. The molecule has 1 atom stereocenters. The molecule has 5 nitrogen and oxygen atoms in total. The fourth-order valence-electron chi connectivity index (χ4n) is 3.43. The van der Waals surface area contributed by atoms with Gasteiger partial charge in [0.05, 0.1) is 13.2 Å².